The minimum absolute atomic E-state index is 0.0484. The molecule has 0 spiro atoms. The zero-order valence-corrected chi connectivity index (χ0v) is 9.34. The van der Waals surface area contributed by atoms with Gasteiger partial charge in [0.25, 0.3) is 0 Å². The van der Waals surface area contributed by atoms with Gasteiger partial charge in [-0.3, -0.25) is 0 Å². The average Bonchev–Trinajstić information content (AvgIpc) is 2.43. The third-order valence-electron chi connectivity index (χ3n) is 2.43. The molecule has 0 aliphatic carbocycles. The van der Waals surface area contributed by atoms with Gasteiger partial charge >= 0.3 is 0 Å². The van der Waals surface area contributed by atoms with Crippen LogP contribution in [0.25, 0.3) is 11.0 Å². The van der Waals surface area contributed by atoms with Crippen LogP contribution in [0, 0.1) is 6.92 Å². The summed E-state index contributed by atoms with van der Waals surface area (Å²) in [5, 5.41) is -0.0484. The molecular weight excluding hydrogens is 196 g/mol. The first-order chi connectivity index (χ1) is 6.59. The van der Waals surface area contributed by atoms with Gasteiger partial charge in [-0.05, 0) is 31.5 Å². The molecule has 0 saturated carbocycles. The van der Waals surface area contributed by atoms with Crippen molar-refractivity contribution in [3.63, 3.8) is 0 Å². The topological polar surface area (TPSA) is 17.8 Å². The normalized spacial score (nSPS) is 13.4. The maximum Gasteiger partial charge on any atom is 0.127 e. The van der Waals surface area contributed by atoms with Gasteiger partial charge in [-0.15, -0.1) is 11.6 Å². The number of hydrogen-bond donors (Lipinski definition) is 0. The van der Waals surface area contributed by atoms with E-state index in [-0.39, 0.29) is 5.38 Å². The van der Waals surface area contributed by atoms with Crippen LogP contribution >= 0.6 is 11.6 Å². The van der Waals surface area contributed by atoms with Crippen LogP contribution in [0.5, 0.6) is 0 Å². The average molecular weight is 209 g/mol. The van der Waals surface area contributed by atoms with Crippen LogP contribution in [0.2, 0.25) is 0 Å². The Kier molecular flexibility index (Phi) is 2.23. The predicted molar refractivity (Wildman–Crippen MR) is 59.7 cm³/mol. The maximum absolute atomic E-state index is 6.04. The van der Waals surface area contributed by atoms with E-state index in [1.165, 1.54) is 5.56 Å². The fraction of sp³-hybridized carbons (Fsp3) is 0.364. The first-order valence-corrected chi connectivity index (χ1v) is 5.10. The van der Waals surface area contributed by atoms with Crippen molar-refractivity contribution >= 4 is 22.6 Å². The molecule has 0 aliphatic rings. The van der Waals surface area contributed by atoms with Gasteiger partial charge < -0.3 is 4.57 Å². The van der Waals surface area contributed by atoms with E-state index in [0.29, 0.717) is 0 Å². The molecule has 74 valence electrons. The molecule has 2 aromatic rings. The highest BCUT2D eigenvalue weighted by molar-refractivity contribution is 6.20. The molecule has 1 aromatic heterocycles. The summed E-state index contributed by atoms with van der Waals surface area (Å²) in [6, 6.07) is 6.26. The highest BCUT2D eigenvalue weighted by Crippen LogP contribution is 2.23. The molecule has 2 rings (SSSR count). The molecule has 0 saturated heterocycles. The monoisotopic (exact) mass is 208 g/mol. The van der Waals surface area contributed by atoms with Crippen molar-refractivity contribution in [1.29, 1.82) is 0 Å². The van der Waals surface area contributed by atoms with E-state index < -0.39 is 0 Å². The number of alkyl halides is 1. The van der Waals surface area contributed by atoms with Crippen molar-refractivity contribution in [2.75, 3.05) is 0 Å². The lowest BCUT2D eigenvalue weighted by Gasteiger charge is -2.02. The molecule has 3 heteroatoms. The molecular formula is C11H13ClN2. The Hall–Kier alpha value is -1.02. The van der Waals surface area contributed by atoms with E-state index >= 15 is 0 Å². The third kappa shape index (κ3) is 1.40. The summed E-state index contributed by atoms with van der Waals surface area (Å²) in [5.74, 6) is 0.923. The zero-order valence-electron chi connectivity index (χ0n) is 8.58. The predicted octanol–water partition coefficient (Wildman–Crippen LogP) is 3.18. The van der Waals surface area contributed by atoms with Crippen molar-refractivity contribution in [3.05, 3.63) is 29.6 Å². The van der Waals surface area contributed by atoms with Gasteiger partial charge in [0.2, 0.25) is 0 Å². The number of aromatic nitrogens is 2. The molecule has 0 radical (unpaired) electrons. The zero-order chi connectivity index (χ0) is 10.3. The number of halogens is 1. The van der Waals surface area contributed by atoms with E-state index in [0.717, 1.165) is 16.9 Å². The SMILES string of the molecule is Cc1ccc2c(c1)nc(C(C)Cl)n2C. The van der Waals surface area contributed by atoms with Gasteiger partial charge in [-0.1, -0.05) is 6.07 Å². The van der Waals surface area contributed by atoms with Gasteiger partial charge in [0.15, 0.2) is 0 Å². The molecule has 1 atom stereocenters. The standard InChI is InChI=1S/C11H13ClN2/c1-7-4-5-10-9(6-7)13-11(8(2)12)14(10)3/h4-6,8H,1-3H3. The Morgan fingerprint density at radius 2 is 2.14 bits per heavy atom. The Morgan fingerprint density at radius 1 is 1.43 bits per heavy atom. The smallest absolute Gasteiger partial charge is 0.127 e. The summed E-state index contributed by atoms with van der Waals surface area (Å²) in [7, 11) is 2.00. The van der Waals surface area contributed by atoms with Gasteiger partial charge in [0, 0.05) is 7.05 Å². The number of hydrogen-bond acceptors (Lipinski definition) is 1. The van der Waals surface area contributed by atoms with Crippen molar-refractivity contribution in [2.45, 2.75) is 19.2 Å². The Balaban J connectivity index is 2.73. The van der Waals surface area contributed by atoms with Crippen LogP contribution in [0.1, 0.15) is 23.7 Å². The number of aryl methyl sites for hydroxylation is 2. The van der Waals surface area contributed by atoms with E-state index in [9.17, 15) is 0 Å². The summed E-state index contributed by atoms with van der Waals surface area (Å²) in [5.41, 5.74) is 3.39. The Morgan fingerprint density at radius 3 is 2.79 bits per heavy atom. The van der Waals surface area contributed by atoms with Crippen molar-refractivity contribution in [1.82, 2.24) is 9.55 Å². The summed E-state index contributed by atoms with van der Waals surface area (Å²) in [6.45, 7) is 4.01. The van der Waals surface area contributed by atoms with Crippen molar-refractivity contribution < 1.29 is 0 Å². The highest BCUT2D eigenvalue weighted by atomic mass is 35.5. The Bertz CT molecular complexity index is 471. The Labute approximate surface area is 88.5 Å². The fourth-order valence-corrected chi connectivity index (χ4v) is 1.88. The third-order valence-corrected chi connectivity index (χ3v) is 2.62. The number of imidazole rings is 1. The minimum Gasteiger partial charge on any atom is -0.330 e. The van der Waals surface area contributed by atoms with Crippen LogP contribution in [0.3, 0.4) is 0 Å². The lowest BCUT2D eigenvalue weighted by molar-refractivity contribution is 0.812. The van der Waals surface area contributed by atoms with Gasteiger partial charge in [0.1, 0.15) is 5.82 Å². The summed E-state index contributed by atoms with van der Waals surface area (Å²) in [4.78, 5) is 4.50. The van der Waals surface area contributed by atoms with E-state index in [1.807, 2.05) is 18.5 Å². The van der Waals surface area contributed by atoms with Crippen LogP contribution < -0.4 is 0 Å². The second kappa shape index (κ2) is 3.28. The molecule has 1 aromatic carbocycles. The fourth-order valence-electron chi connectivity index (χ4n) is 1.68. The molecule has 2 nitrogen and oxygen atoms in total. The molecule has 0 amide bonds. The van der Waals surface area contributed by atoms with Crippen LogP contribution in [-0.2, 0) is 7.05 Å². The van der Waals surface area contributed by atoms with Gasteiger partial charge in [-0.2, -0.15) is 0 Å². The second-order valence-corrected chi connectivity index (χ2v) is 4.29. The van der Waals surface area contributed by atoms with Crippen molar-refractivity contribution in [3.8, 4) is 0 Å². The summed E-state index contributed by atoms with van der Waals surface area (Å²) in [6.07, 6.45) is 0. The number of nitrogens with zero attached hydrogens (tertiary/aromatic N) is 2. The minimum atomic E-state index is -0.0484. The van der Waals surface area contributed by atoms with E-state index in [1.54, 1.807) is 0 Å². The first kappa shape index (κ1) is 9.53. The molecule has 1 heterocycles. The molecule has 14 heavy (non-hydrogen) atoms. The number of rotatable bonds is 1. The lowest BCUT2D eigenvalue weighted by Crippen LogP contribution is -1.97. The number of benzene rings is 1. The largest absolute Gasteiger partial charge is 0.330 e. The summed E-state index contributed by atoms with van der Waals surface area (Å²) < 4.78 is 2.05. The quantitative estimate of drug-likeness (QED) is 0.659. The first-order valence-electron chi connectivity index (χ1n) is 4.66. The summed E-state index contributed by atoms with van der Waals surface area (Å²) >= 11 is 6.04. The van der Waals surface area contributed by atoms with Crippen LogP contribution in [0.15, 0.2) is 18.2 Å². The molecule has 0 aliphatic heterocycles. The van der Waals surface area contributed by atoms with Crippen molar-refractivity contribution in [2.24, 2.45) is 7.05 Å². The van der Waals surface area contributed by atoms with Crippen LogP contribution in [-0.4, -0.2) is 9.55 Å². The van der Waals surface area contributed by atoms with Gasteiger partial charge in [0.05, 0.1) is 16.4 Å². The van der Waals surface area contributed by atoms with E-state index in [4.69, 9.17) is 11.6 Å². The molecule has 0 bridgehead atoms. The molecule has 0 fully saturated rings. The molecule has 0 N–H and O–H groups in total. The molecule has 1 unspecified atom stereocenters. The van der Waals surface area contributed by atoms with E-state index in [2.05, 4.69) is 30.1 Å². The second-order valence-electron chi connectivity index (χ2n) is 3.64. The van der Waals surface area contributed by atoms with Crippen LogP contribution in [0.4, 0.5) is 0 Å². The highest BCUT2D eigenvalue weighted by Gasteiger charge is 2.11. The number of fused-ring (bicyclic) bond motifs is 1. The maximum atomic E-state index is 6.04. The van der Waals surface area contributed by atoms with Gasteiger partial charge in [-0.25, -0.2) is 4.98 Å². The lowest BCUT2D eigenvalue weighted by atomic mass is 10.2.